The van der Waals surface area contributed by atoms with Crippen LogP contribution in [-0.4, -0.2) is 40.3 Å². The largest absolute Gasteiger partial charge is 0.497 e. The number of benzene rings is 3. The third-order valence-electron chi connectivity index (χ3n) is 5.27. The first-order valence-corrected chi connectivity index (χ1v) is 13.6. The van der Waals surface area contributed by atoms with Crippen LogP contribution in [0.2, 0.25) is 0 Å². The van der Waals surface area contributed by atoms with Crippen molar-refractivity contribution >= 4 is 33.4 Å². The standard InChI is InChI=1S/C26H30N2O4S2/c1-21-10-6-7-11-22(21)20-33-17-9-16-27-26(29)19-28(23-12-8-13-24(18-23)32-2)34(30,31)25-14-4-3-5-15-25/h3-8,10-15,18H,9,16-17,19-20H2,1-2H3,(H,27,29). The Balaban J connectivity index is 1.60. The van der Waals surface area contributed by atoms with E-state index in [-0.39, 0.29) is 17.3 Å². The van der Waals surface area contributed by atoms with Gasteiger partial charge in [0.1, 0.15) is 12.3 Å². The van der Waals surface area contributed by atoms with Gasteiger partial charge >= 0.3 is 0 Å². The van der Waals surface area contributed by atoms with E-state index >= 15 is 0 Å². The van der Waals surface area contributed by atoms with Crippen LogP contribution < -0.4 is 14.4 Å². The van der Waals surface area contributed by atoms with Crippen molar-refractivity contribution in [3.8, 4) is 5.75 Å². The number of amides is 1. The average Bonchev–Trinajstić information content (AvgIpc) is 2.86. The highest BCUT2D eigenvalue weighted by Gasteiger charge is 2.27. The first-order chi connectivity index (χ1) is 16.4. The highest BCUT2D eigenvalue weighted by molar-refractivity contribution is 7.98. The number of carbonyl (C=O) groups is 1. The first kappa shape index (κ1) is 25.6. The molecule has 0 radical (unpaired) electrons. The summed E-state index contributed by atoms with van der Waals surface area (Å²) in [6, 6.07) is 23.1. The molecule has 0 heterocycles. The van der Waals surface area contributed by atoms with Crippen LogP contribution >= 0.6 is 11.8 Å². The number of sulfonamides is 1. The molecule has 0 unspecified atom stereocenters. The molecule has 180 valence electrons. The van der Waals surface area contributed by atoms with Crippen molar-refractivity contribution in [2.24, 2.45) is 0 Å². The second kappa shape index (κ2) is 12.5. The molecule has 0 saturated heterocycles. The first-order valence-electron chi connectivity index (χ1n) is 11.0. The Morgan fingerprint density at radius 2 is 1.74 bits per heavy atom. The topological polar surface area (TPSA) is 75.7 Å². The minimum Gasteiger partial charge on any atom is -0.497 e. The van der Waals surface area contributed by atoms with Gasteiger partial charge in [-0.05, 0) is 54.5 Å². The molecule has 0 aliphatic heterocycles. The van der Waals surface area contributed by atoms with E-state index in [0.29, 0.717) is 18.0 Å². The maximum absolute atomic E-state index is 13.3. The van der Waals surface area contributed by atoms with Gasteiger partial charge in [0.05, 0.1) is 17.7 Å². The summed E-state index contributed by atoms with van der Waals surface area (Å²) in [5.74, 6) is 1.99. The predicted octanol–water partition coefficient (Wildman–Crippen LogP) is 4.64. The molecule has 0 saturated carbocycles. The van der Waals surface area contributed by atoms with Gasteiger partial charge in [0.2, 0.25) is 5.91 Å². The van der Waals surface area contributed by atoms with Crippen LogP contribution in [0, 0.1) is 6.92 Å². The molecule has 0 spiro atoms. The van der Waals surface area contributed by atoms with Crippen molar-refractivity contribution in [2.45, 2.75) is 24.0 Å². The van der Waals surface area contributed by atoms with Crippen LogP contribution in [0.1, 0.15) is 17.5 Å². The molecule has 0 fully saturated rings. The highest BCUT2D eigenvalue weighted by atomic mass is 32.2. The second-order valence-electron chi connectivity index (χ2n) is 7.71. The molecule has 1 amide bonds. The molecule has 1 N–H and O–H groups in total. The van der Waals surface area contributed by atoms with Crippen LogP contribution in [0.4, 0.5) is 5.69 Å². The summed E-state index contributed by atoms with van der Waals surface area (Å²) in [7, 11) is -2.42. The van der Waals surface area contributed by atoms with Gasteiger partial charge in [-0.1, -0.05) is 48.5 Å². The Kier molecular flexibility index (Phi) is 9.42. The molecule has 0 aliphatic carbocycles. The molecule has 3 rings (SSSR count). The summed E-state index contributed by atoms with van der Waals surface area (Å²) in [5.41, 5.74) is 2.96. The second-order valence-corrected chi connectivity index (χ2v) is 10.7. The highest BCUT2D eigenvalue weighted by Crippen LogP contribution is 2.26. The van der Waals surface area contributed by atoms with E-state index in [1.165, 1.54) is 30.4 Å². The lowest BCUT2D eigenvalue weighted by molar-refractivity contribution is -0.119. The average molecular weight is 499 g/mol. The van der Waals surface area contributed by atoms with E-state index < -0.39 is 10.0 Å². The zero-order chi connectivity index (χ0) is 24.4. The van der Waals surface area contributed by atoms with Crippen molar-refractivity contribution in [1.29, 1.82) is 0 Å². The number of anilines is 1. The van der Waals surface area contributed by atoms with E-state index in [0.717, 1.165) is 22.2 Å². The summed E-state index contributed by atoms with van der Waals surface area (Å²) in [6.07, 6.45) is 0.798. The van der Waals surface area contributed by atoms with Crippen molar-refractivity contribution in [3.63, 3.8) is 0 Å². The predicted molar refractivity (Wildman–Crippen MR) is 139 cm³/mol. The van der Waals surface area contributed by atoms with E-state index in [1.807, 2.05) is 23.9 Å². The molecular weight excluding hydrogens is 468 g/mol. The fourth-order valence-corrected chi connectivity index (χ4v) is 5.81. The van der Waals surface area contributed by atoms with Crippen LogP contribution in [0.3, 0.4) is 0 Å². The lowest BCUT2D eigenvalue weighted by atomic mass is 10.1. The number of carbonyl (C=O) groups excluding carboxylic acids is 1. The normalized spacial score (nSPS) is 11.1. The number of ether oxygens (including phenoxy) is 1. The quantitative estimate of drug-likeness (QED) is 0.368. The minimum absolute atomic E-state index is 0.123. The molecule has 0 bridgehead atoms. The van der Waals surface area contributed by atoms with Gasteiger partial charge in [0.15, 0.2) is 0 Å². The number of methoxy groups -OCH3 is 1. The smallest absolute Gasteiger partial charge is 0.264 e. The van der Waals surface area contributed by atoms with Gasteiger partial charge in [-0.15, -0.1) is 0 Å². The van der Waals surface area contributed by atoms with Gasteiger partial charge < -0.3 is 10.1 Å². The molecule has 8 heteroatoms. The summed E-state index contributed by atoms with van der Waals surface area (Å²) in [6.45, 7) is 2.27. The van der Waals surface area contributed by atoms with Gasteiger partial charge in [0, 0.05) is 18.4 Å². The monoisotopic (exact) mass is 498 g/mol. The summed E-state index contributed by atoms with van der Waals surface area (Å²) < 4.78 is 33.1. The van der Waals surface area contributed by atoms with E-state index in [1.54, 1.807) is 42.5 Å². The van der Waals surface area contributed by atoms with E-state index in [4.69, 9.17) is 4.74 Å². The lowest BCUT2D eigenvalue weighted by Gasteiger charge is -2.24. The van der Waals surface area contributed by atoms with E-state index in [9.17, 15) is 13.2 Å². The Bertz CT molecular complexity index is 1180. The van der Waals surface area contributed by atoms with Gasteiger partial charge in [0.25, 0.3) is 10.0 Å². The number of thioether (sulfide) groups is 1. The van der Waals surface area contributed by atoms with Crippen molar-refractivity contribution in [3.05, 3.63) is 90.0 Å². The molecule has 3 aromatic carbocycles. The third-order valence-corrected chi connectivity index (χ3v) is 8.15. The van der Waals surface area contributed by atoms with Crippen molar-refractivity contribution in [1.82, 2.24) is 5.32 Å². The van der Waals surface area contributed by atoms with Crippen molar-refractivity contribution < 1.29 is 17.9 Å². The Morgan fingerprint density at radius 3 is 2.47 bits per heavy atom. The molecule has 34 heavy (non-hydrogen) atoms. The molecule has 6 nitrogen and oxygen atoms in total. The van der Waals surface area contributed by atoms with Gasteiger partial charge in [-0.2, -0.15) is 11.8 Å². The zero-order valence-corrected chi connectivity index (χ0v) is 21.1. The minimum atomic E-state index is -3.94. The maximum atomic E-state index is 13.3. The Labute approximate surface area is 206 Å². The van der Waals surface area contributed by atoms with Gasteiger partial charge in [-0.3, -0.25) is 9.10 Å². The van der Waals surface area contributed by atoms with Gasteiger partial charge in [-0.25, -0.2) is 8.42 Å². The molecule has 0 aliphatic rings. The maximum Gasteiger partial charge on any atom is 0.264 e. The number of rotatable bonds is 12. The van der Waals surface area contributed by atoms with Crippen LogP contribution in [0.5, 0.6) is 5.75 Å². The van der Waals surface area contributed by atoms with Crippen LogP contribution in [0.15, 0.2) is 83.8 Å². The number of nitrogens with one attached hydrogen (secondary N) is 1. The Morgan fingerprint density at radius 1 is 1.00 bits per heavy atom. The summed E-state index contributed by atoms with van der Waals surface area (Å²) in [4.78, 5) is 12.8. The SMILES string of the molecule is COc1cccc(N(CC(=O)NCCCSCc2ccccc2C)S(=O)(=O)c2ccccc2)c1. The molecule has 0 atom stereocenters. The summed E-state index contributed by atoms with van der Waals surface area (Å²) >= 11 is 1.82. The third kappa shape index (κ3) is 7.01. The number of aryl methyl sites for hydroxylation is 1. The summed E-state index contributed by atoms with van der Waals surface area (Å²) in [5, 5.41) is 2.86. The van der Waals surface area contributed by atoms with Crippen LogP contribution in [-0.2, 0) is 20.6 Å². The van der Waals surface area contributed by atoms with Crippen LogP contribution in [0.25, 0.3) is 0 Å². The number of hydrogen-bond donors (Lipinski definition) is 1. The molecule has 3 aromatic rings. The zero-order valence-electron chi connectivity index (χ0n) is 19.4. The molecule has 0 aromatic heterocycles. The molecular formula is C26H30N2O4S2. The lowest BCUT2D eigenvalue weighted by Crippen LogP contribution is -2.41. The van der Waals surface area contributed by atoms with Crippen molar-refractivity contribution in [2.75, 3.05) is 30.3 Å². The fourth-order valence-electron chi connectivity index (χ4n) is 3.34. The number of nitrogens with zero attached hydrogens (tertiary/aromatic N) is 1. The fraction of sp³-hybridized carbons (Fsp3) is 0.269. The Hall–Kier alpha value is -2.97. The van der Waals surface area contributed by atoms with E-state index in [2.05, 4.69) is 24.4 Å². The number of hydrogen-bond acceptors (Lipinski definition) is 5.